The van der Waals surface area contributed by atoms with E-state index in [-0.39, 0.29) is 83.9 Å². The van der Waals surface area contributed by atoms with Gasteiger partial charge in [-0.1, -0.05) is 5.57 Å². The molecule has 8 nitrogen and oxygen atoms in total. The molecule has 0 spiro atoms. The van der Waals surface area contributed by atoms with Crippen LogP contribution in [-0.2, 0) is 9.53 Å². The first-order valence-electron chi connectivity index (χ1n) is 8.11. The summed E-state index contributed by atoms with van der Waals surface area (Å²) in [5.74, 6) is -0.740. The first-order chi connectivity index (χ1) is 11.6. The van der Waals surface area contributed by atoms with E-state index in [4.69, 9.17) is 9.84 Å². The first kappa shape index (κ1) is 23.0. The lowest BCUT2D eigenvalue weighted by Crippen LogP contribution is -2.34. The number of carbonyl (C=O) groups is 1. The average molecular weight is 350 g/mol. The van der Waals surface area contributed by atoms with Gasteiger partial charge in [0.25, 0.3) is 0 Å². The maximum atomic E-state index is 12.6. The van der Waals surface area contributed by atoms with Gasteiger partial charge in [0.15, 0.2) is 0 Å². The second kappa shape index (κ2) is 13.3. The van der Waals surface area contributed by atoms with Gasteiger partial charge in [-0.05, 0) is 32.1 Å². The molecule has 0 heterocycles. The quantitative estimate of drug-likeness (QED) is 0.168. The summed E-state index contributed by atoms with van der Waals surface area (Å²) in [7, 11) is 0. The van der Waals surface area contributed by atoms with Crippen molar-refractivity contribution in [1.29, 1.82) is 0 Å². The van der Waals surface area contributed by atoms with E-state index in [9.17, 15) is 30.3 Å². The summed E-state index contributed by atoms with van der Waals surface area (Å²) < 4.78 is 5.02. The SMILES string of the molecule is O=C(OCCO)C(=C(CCO)CCO)C(CCO)(CCO)CCO. The lowest BCUT2D eigenvalue weighted by atomic mass is 9.69. The van der Waals surface area contributed by atoms with E-state index in [1.807, 2.05) is 0 Å². The number of hydrogen-bond acceptors (Lipinski definition) is 8. The van der Waals surface area contributed by atoms with E-state index >= 15 is 0 Å². The summed E-state index contributed by atoms with van der Waals surface area (Å²) in [6, 6.07) is 0. The van der Waals surface area contributed by atoms with Gasteiger partial charge in [-0.3, -0.25) is 0 Å². The van der Waals surface area contributed by atoms with E-state index < -0.39 is 11.4 Å². The zero-order valence-electron chi connectivity index (χ0n) is 14.0. The molecular formula is C16H30O8. The Labute approximate surface area is 142 Å². The van der Waals surface area contributed by atoms with Crippen LogP contribution in [0.3, 0.4) is 0 Å². The van der Waals surface area contributed by atoms with Crippen LogP contribution in [0.2, 0.25) is 0 Å². The molecule has 0 aliphatic rings. The first-order valence-corrected chi connectivity index (χ1v) is 8.11. The molecule has 0 aromatic rings. The predicted molar refractivity (Wildman–Crippen MR) is 86.0 cm³/mol. The molecule has 0 aromatic carbocycles. The Kier molecular flexibility index (Phi) is 12.7. The van der Waals surface area contributed by atoms with Gasteiger partial charge < -0.3 is 35.4 Å². The standard InChI is InChI=1S/C16H30O8/c17-6-1-13(2-7-18)14(15(23)24-12-11-22)16(3-8-19,4-9-20)5-10-21/h17-22H,1-12H2. The molecule has 0 rings (SSSR count). The van der Waals surface area contributed by atoms with Crippen LogP contribution in [0.25, 0.3) is 0 Å². The van der Waals surface area contributed by atoms with Gasteiger partial charge in [-0.25, -0.2) is 4.79 Å². The molecule has 6 N–H and O–H groups in total. The van der Waals surface area contributed by atoms with Crippen LogP contribution in [0.4, 0.5) is 0 Å². The lowest BCUT2D eigenvalue weighted by molar-refractivity contribution is -0.142. The van der Waals surface area contributed by atoms with Crippen LogP contribution in [0, 0.1) is 5.41 Å². The minimum atomic E-state index is -1.04. The van der Waals surface area contributed by atoms with Crippen molar-refractivity contribution in [3.05, 3.63) is 11.1 Å². The van der Waals surface area contributed by atoms with E-state index in [0.29, 0.717) is 5.57 Å². The number of aliphatic hydroxyl groups is 6. The Morgan fingerprint density at radius 3 is 1.50 bits per heavy atom. The van der Waals surface area contributed by atoms with Crippen molar-refractivity contribution in [3.63, 3.8) is 0 Å². The molecule has 0 aliphatic carbocycles. The van der Waals surface area contributed by atoms with Gasteiger partial charge in [0.2, 0.25) is 0 Å². The molecule has 142 valence electrons. The summed E-state index contributed by atoms with van der Waals surface area (Å²) in [4.78, 5) is 12.6. The van der Waals surface area contributed by atoms with E-state index in [2.05, 4.69) is 0 Å². The number of ether oxygens (including phenoxy) is 1. The normalized spacial score (nSPS) is 11.4. The lowest BCUT2D eigenvalue weighted by Gasteiger charge is -2.36. The molecule has 0 aliphatic heterocycles. The largest absolute Gasteiger partial charge is 0.460 e. The molecule has 0 aromatic heterocycles. The van der Waals surface area contributed by atoms with Crippen molar-refractivity contribution in [2.75, 3.05) is 46.2 Å². The van der Waals surface area contributed by atoms with Crippen molar-refractivity contribution in [2.45, 2.75) is 32.1 Å². The van der Waals surface area contributed by atoms with Crippen LogP contribution in [0.1, 0.15) is 32.1 Å². The Bertz CT molecular complexity index is 355. The van der Waals surface area contributed by atoms with Gasteiger partial charge in [0, 0.05) is 44.0 Å². The molecular weight excluding hydrogens is 320 g/mol. The van der Waals surface area contributed by atoms with Gasteiger partial charge in [-0.15, -0.1) is 0 Å². The molecule has 24 heavy (non-hydrogen) atoms. The number of rotatable bonds is 14. The average Bonchev–Trinajstić information content (AvgIpc) is 2.54. The van der Waals surface area contributed by atoms with Gasteiger partial charge in [-0.2, -0.15) is 0 Å². The van der Waals surface area contributed by atoms with Crippen LogP contribution >= 0.6 is 0 Å². The van der Waals surface area contributed by atoms with Crippen LogP contribution in [0.5, 0.6) is 0 Å². The fourth-order valence-electron chi connectivity index (χ4n) is 2.98. The van der Waals surface area contributed by atoms with Crippen molar-refractivity contribution in [2.24, 2.45) is 5.41 Å². The summed E-state index contributed by atoms with van der Waals surface area (Å²) in [5.41, 5.74) is -0.431. The highest BCUT2D eigenvalue weighted by molar-refractivity contribution is 5.91. The van der Waals surface area contributed by atoms with Crippen molar-refractivity contribution >= 4 is 5.97 Å². The number of aliphatic hydroxyl groups excluding tert-OH is 6. The molecule has 0 fully saturated rings. The highest BCUT2D eigenvalue weighted by Crippen LogP contribution is 2.42. The predicted octanol–water partition coefficient (Wildman–Crippen LogP) is -1.28. The minimum Gasteiger partial charge on any atom is -0.460 e. The van der Waals surface area contributed by atoms with E-state index in [1.165, 1.54) is 0 Å². The molecule has 0 atom stereocenters. The van der Waals surface area contributed by atoms with Gasteiger partial charge in [0.1, 0.15) is 6.61 Å². The van der Waals surface area contributed by atoms with Crippen molar-refractivity contribution in [3.8, 4) is 0 Å². The van der Waals surface area contributed by atoms with Gasteiger partial charge in [0.05, 0.1) is 6.61 Å². The Morgan fingerprint density at radius 1 is 0.708 bits per heavy atom. The molecule has 8 heteroatoms. The molecule has 0 saturated heterocycles. The second-order valence-electron chi connectivity index (χ2n) is 5.49. The fraction of sp³-hybridized carbons (Fsp3) is 0.812. The van der Waals surface area contributed by atoms with E-state index in [0.717, 1.165) is 0 Å². The van der Waals surface area contributed by atoms with Crippen LogP contribution in [0.15, 0.2) is 11.1 Å². The Morgan fingerprint density at radius 2 is 1.17 bits per heavy atom. The molecule has 0 unspecified atom stereocenters. The van der Waals surface area contributed by atoms with E-state index in [1.54, 1.807) is 0 Å². The monoisotopic (exact) mass is 350 g/mol. The minimum absolute atomic E-state index is 0.109. The summed E-state index contributed by atoms with van der Waals surface area (Å²) in [5, 5.41) is 55.7. The highest BCUT2D eigenvalue weighted by atomic mass is 16.5. The highest BCUT2D eigenvalue weighted by Gasteiger charge is 2.39. The number of esters is 1. The van der Waals surface area contributed by atoms with Crippen molar-refractivity contribution < 1.29 is 40.2 Å². The topological polar surface area (TPSA) is 148 Å². The van der Waals surface area contributed by atoms with Crippen LogP contribution < -0.4 is 0 Å². The molecule has 0 bridgehead atoms. The fourth-order valence-corrected chi connectivity index (χ4v) is 2.98. The maximum Gasteiger partial charge on any atom is 0.334 e. The van der Waals surface area contributed by atoms with Gasteiger partial charge >= 0.3 is 5.97 Å². The zero-order valence-corrected chi connectivity index (χ0v) is 14.0. The Hall–Kier alpha value is -1.03. The number of hydrogen-bond donors (Lipinski definition) is 6. The molecule has 0 amide bonds. The molecule has 0 saturated carbocycles. The summed E-state index contributed by atoms with van der Waals surface area (Å²) in [6.07, 6.45) is 0.566. The number of carbonyl (C=O) groups excluding carboxylic acids is 1. The zero-order chi connectivity index (χ0) is 18.4. The smallest absolute Gasteiger partial charge is 0.334 e. The second-order valence-corrected chi connectivity index (χ2v) is 5.49. The third kappa shape index (κ3) is 6.84. The third-order valence-corrected chi connectivity index (χ3v) is 4.01. The third-order valence-electron chi connectivity index (χ3n) is 4.01. The Balaban J connectivity index is 6.13. The maximum absolute atomic E-state index is 12.6. The van der Waals surface area contributed by atoms with Crippen LogP contribution in [-0.4, -0.2) is 82.9 Å². The van der Waals surface area contributed by atoms with Crippen molar-refractivity contribution in [1.82, 2.24) is 0 Å². The summed E-state index contributed by atoms with van der Waals surface area (Å²) >= 11 is 0. The summed E-state index contributed by atoms with van der Waals surface area (Å²) in [6.45, 7) is -1.91. The molecule has 0 radical (unpaired) electrons.